The second-order valence-corrected chi connectivity index (χ2v) is 8.37. The molecule has 138 valence electrons. The number of likely N-dealkylation sites (N-methyl/N-ethyl adjacent to an activating group) is 1. The van der Waals surface area contributed by atoms with Gasteiger partial charge in [-0.3, -0.25) is 0 Å². The average molecular weight is 394 g/mol. The van der Waals surface area contributed by atoms with Crippen LogP contribution in [0.4, 0.5) is 0 Å². The van der Waals surface area contributed by atoms with Gasteiger partial charge in [0.25, 0.3) is 0 Å². The fraction of sp³-hybridized carbons (Fsp3) is 0.400. The van der Waals surface area contributed by atoms with Crippen molar-refractivity contribution in [2.75, 3.05) is 39.8 Å². The molecule has 0 radical (unpaired) electrons. The van der Waals surface area contributed by atoms with E-state index in [0.29, 0.717) is 16.6 Å². The average Bonchev–Trinajstić information content (AvgIpc) is 2.89. The highest BCUT2D eigenvalue weighted by Crippen LogP contribution is 2.32. The van der Waals surface area contributed by atoms with Crippen LogP contribution in [0.25, 0.3) is 21.8 Å². The van der Waals surface area contributed by atoms with Gasteiger partial charge in [0.2, 0.25) is 0 Å². The lowest BCUT2D eigenvalue weighted by Gasteiger charge is -2.28. The number of aromatic nitrogens is 1. The molecule has 0 bridgehead atoms. The standard InChI is InChI=1S/C20H23Cl2N3O/c1-23-6-8-24(9-7-23)12-16(26)13-25-19-4-2-14(21)10-17(19)18-11-15(22)3-5-20(18)25/h2-5,10-11,16,26H,6-9,12-13H2,1H3/p+2/t16-/m0/s1. The minimum Gasteiger partial charge on any atom is -0.385 e. The molecule has 1 saturated heterocycles. The Hall–Kier alpha value is -1.30. The first-order valence-electron chi connectivity index (χ1n) is 9.21. The van der Waals surface area contributed by atoms with Crippen LogP contribution in [0, 0.1) is 0 Å². The fourth-order valence-electron chi connectivity index (χ4n) is 4.09. The molecule has 4 rings (SSSR count). The van der Waals surface area contributed by atoms with Crippen molar-refractivity contribution < 1.29 is 14.9 Å². The predicted octanol–water partition coefficient (Wildman–Crippen LogP) is 0.875. The first kappa shape index (κ1) is 18.1. The summed E-state index contributed by atoms with van der Waals surface area (Å²) in [5.74, 6) is 0. The lowest BCUT2D eigenvalue weighted by Crippen LogP contribution is -3.27. The van der Waals surface area contributed by atoms with Crippen molar-refractivity contribution in [3.05, 3.63) is 46.4 Å². The van der Waals surface area contributed by atoms with E-state index in [1.807, 2.05) is 36.4 Å². The summed E-state index contributed by atoms with van der Waals surface area (Å²) in [7, 11) is 2.24. The second-order valence-electron chi connectivity index (χ2n) is 7.50. The molecule has 3 aromatic rings. The smallest absolute Gasteiger partial charge is 0.127 e. The summed E-state index contributed by atoms with van der Waals surface area (Å²) >= 11 is 12.4. The second kappa shape index (κ2) is 7.37. The maximum atomic E-state index is 10.8. The first-order valence-corrected chi connectivity index (χ1v) is 9.97. The summed E-state index contributed by atoms with van der Waals surface area (Å²) < 4.78 is 2.20. The first-order chi connectivity index (χ1) is 12.5. The summed E-state index contributed by atoms with van der Waals surface area (Å²) in [6, 6.07) is 11.8. The van der Waals surface area contributed by atoms with E-state index in [4.69, 9.17) is 23.2 Å². The molecule has 0 aliphatic carbocycles. The number of aliphatic hydroxyl groups excluding tert-OH is 1. The summed E-state index contributed by atoms with van der Waals surface area (Å²) in [6.45, 7) is 5.97. The van der Waals surface area contributed by atoms with E-state index in [-0.39, 0.29) is 6.10 Å². The topological polar surface area (TPSA) is 34.0 Å². The Labute approximate surface area is 163 Å². The Morgan fingerprint density at radius 1 is 0.962 bits per heavy atom. The van der Waals surface area contributed by atoms with Gasteiger partial charge in [-0.2, -0.15) is 0 Å². The van der Waals surface area contributed by atoms with Gasteiger partial charge in [-0.25, -0.2) is 0 Å². The number of fused-ring (bicyclic) bond motifs is 3. The zero-order valence-electron chi connectivity index (χ0n) is 14.9. The number of quaternary nitrogens is 2. The van der Waals surface area contributed by atoms with E-state index >= 15 is 0 Å². The Balaban J connectivity index is 1.64. The Bertz CT molecular complexity index is 872. The van der Waals surface area contributed by atoms with Gasteiger partial charge in [0, 0.05) is 31.9 Å². The third kappa shape index (κ3) is 3.57. The molecule has 1 aliphatic heterocycles. The van der Waals surface area contributed by atoms with Crippen molar-refractivity contribution in [2.45, 2.75) is 12.6 Å². The van der Waals surface area contributed by atoms with E-state index in [0.717, 1.165) is 41.4 Å². The fourth-order valence-corrected chi connectivity index (χ4v) is 4.43. The lowest BCUT2D eigenvalue weighted by molar-refractivity contribution is -1.00. The van der Waals surface area contributed by atoms with Crippen LogP contribution in [0.2, 0.25) is 10.0 Å². The highest BCUT2D eigenvalue weighted by Gasteiger charge is 2.23. The van der Waals surface area contributed by atoms with E-state index in [2.05, 4.69) is 11.6 Å². The maximum absolute atomic E-state index is 10.8. The molecular weight excluding hydrogens is 369 g/mol. The number of aliphatic hydroxyl groups is 1. The van der Waals surface area contributed by atoms with E-state index in [1.54, 1.807) is 4.90 Å². The zero-order chi connectivity index (χ0) is 18.3. The van der Waals surface area contributed by atoms with Gasteiger partial charge in [-0.15, -0.1) is 0 Å². The number of rotatable bonds is 4. The van der Waals surface area contributed by atoms with E-state index in [1.165, 1.54) is 18.0 Å². The molecular formula is C20H25Cl2N3O+2. The third-order valence-electron chi connectivity index (χ3n) is 5.52. The van der Waals surface area contributed by atoms with E-state index < -0.39 is 0 Å². The SMILES string of the molecule is C[NH+]1CC[NH+](C[C@H](O)Cn2c3ccc(Cl)cc3c3cc(Cl)ccc32)CC1. The number of nitrogens with zero attached hydrogens (tertiary/aromatic N) is 1. The van der Waals surface area contributed by atoms with Crippen molar-refractivity contribution in [1.82, 2.24) is 4.57 Å². The molecule has 1 aromatic heterocycles. The molecule has 0 unspecified atom stereocenters. The molecule has 6 heteroatoms. The molecule has 26 heavy (non-hydrogen) atoms. The quantitative estimate of drug-likeness (QED) is 0.604. The molecule has 2 aromatic carbocycles. The van der Waals surface area contributed by atoms with Crippen LogP contribution in [0.3, 0.4) is 0 Å². The molecule has 4 nitrogen and oxygen atoms in total. The normalized spacial score (nSPS) is 22.2. The Kier molecular flexibility index (Phi) is 5.13. The van der Waals surface area contributed by atoms with E-state index in [9.17, 15) is 5.11 Å². The molecule has 1 aliphatic rings. The van der Waals surface area contributed by atoms with Crippen molar-refractivity contribution in [3.63, 3.8) is 0 Å². The van der Waals surface area contributed by atoms with Crippen LogP contribution in [0.5, 0.6) is 0 Å². The highest BCUT2D eigenvalue weighted by molar-refractivity contribution is 6.33. The summed E-state index contributed by atoms with van der Waals surface area (Å²) in [6.07, 6.45) is -0.381. The maximum Gasteiger partial charge on any atom is 0.127 e. The minimum atomic E-state index is -0.381. The van der Waals surface area contributed by atoms with Gasteiger partial charge in [-0.05, 0) is 36.4 Å². The van der Waals surface area contributed by atoms with Gasteiger partial charge in [0.15, 0.2) is 0 Å². The van der Waals surface area contributed by atoms with Crippen molar-refractivity contribution in [1.29, 1.82) is 0 Å². The van der Waals surface area contributed by atoms with Crippen molar-refractivity contribution in [3.8, 4) is 0 Å². The van der Waals surface area contributed by atoms with Gasteiger partial charge in [0.1, 0.15) is 38.8 Å². The molecule has 1 fully saturated rings. The van der Waals surface area contributed by atoms with Crippen LogP contribution in [0.15, 0.2) is 36.4 Å². The summed E-state index contributed by atoms with van der Waals surface area (Å²) in [4.78, 5) is 3.08. The molecule has 3 N–H and O–H groups in total. The molecule has 1 atom stereocenters. The molecule has 0 amide bonds. The highest BCUT2D eigenvalue weighted by atomic mass is 35.5. The van der Waals surface area contributed by atoms with Gasteiger partial charge >= 0.3 is 0 Å². The van der Waals surface area contributed by atoms with Crippen molar-refractivity contribution in [2.24, 2.45) is 0 Å². The molecule has 2 heterocycles. The number of halogens is 2. The van der Waals surface area contributed by atoms with Crippen LogP contribution in [0.1, 0.15) is 0 Å². The number of hydrogen-bond donors (Lipinski definition) is 3. The minimum absolute atomic E-state index is 0.381. The van der Waals surface area contributed by atoms with Gasteiger partial charge in [0.05, 0.1) is 13.6 Å². The molecule has 0 spiro atoms. The van der Waals surface area contributed by atoms with Crippen LogP contribution >= 0.6 is 23.2 Å². The summed E-state index contributed by atoms with van der Waals surface area (Å²) in [5.41, 5.74) is 2.17. The number of benzene rings is 2. The monoisotopic (exact) mass is 393 g/mol. The Morgan fingerprint density at radius 3 is 2.04 bits per heavy atom. The van der Waals surface area contributed by atoms with Crippen molar-refractivity contribution >= 4 is 45.0 Å². The predicted molar refractivity (Wildman–Crippen MR) is 108 cm³/mol. The van der Waals surface area contributed by atoms with Crippen LogP contribution < -0.4 is 9.80 Å². The van der Waals surface area contributed by atoms with Gasteiger partial charge in [-0.1, -0.05) is 23.2 Å². The lowest BCUT2D eigenvalue weighted by atomic mass is 10.1. The molecule has 0 saturated carbocycles. The number of hydrogen-bond acceptors (Lipinski definition) is 1. The number of piperazine rings is 1. The summed E-state index contributed by atoms with van der Waals surface area (Å²) in [5, 5.41) is 14.3. The largest absolute Gasteiger partial charge is 0.385 e. The third-order valence-corrected chi connectivity index (χ3v) is 5.99. The number of nitrogens with one attached hydrogen (secondary N) is 2. The van der Waals surface area contributed by atoms with Gasteiger partial charge < -0.3 is 19.5 Å². The zero-order valence-corrected chi connectivity index (χ0v) is 16.4. The van der Waals surface area contributed by atoms with Crippen LogP contribution in [-0.2, 0) is 6.54 Å². The van der Waals surface area contributed by atoms with Crippen LogP contribution in [-0.4, -0.2) is 55.5 Å². The Morgan fingerprint density at radius 2 is 1.50 bits per heavy atom.